The van der Waals surface area contributed by atoms with Crippen molar-refractivity contribution < 1.29 is 4.79 Å². The predicted molar refractivity (Wildman–Crippen MR) is 125 cm³/mol. The van der Waals surface area contributed by atoms with Crippen molar-refractivity contribution in [2.24, 2.45) is 0 Å². The van der Waals surface area contributed by atoms with Crippen molar-refractivity contribution >= 4 is 18.1 Å². The van der Waals surface area contributed by atoms with Gasteiger partial charge >= 0.3 is 0 Å². The molecule has 0 atom stereocenters. The number of nitrogens with one attached hydrogen (secondary N) is 2. The highest BCUT2D eigenvalue weighted by Crippen LogP contribution is 2.35. The number of aromatic nitrogens is 5. The van der Waals surface area contributed by atoms with Crippen LogP contribution >= 0.6 is 12.2 Å². The van der Waals surface area contributed by atoms with Crippen LogP contribution in [0.3, 0.4) is 0 Å². The summed E-state index contributed by atoms with van der Waals surface area (Å²) in [6.07, 6.45) is 4.93. The third-order valence-corrected chi connectivity index (χ3v) is 6.00. The van der Waals surface area contributed by atoms with E-state index in [1.165, 1.54) is 5.56 Å². The Morgan fingerprint density at radius 2 is 1.91 bits per heavy atom. The average Bonchev–Trinajstić information content (AvgIpc) is 3.45. The van der Waals surface area contributed by atoms with Gasteiger partial charge in [-0.25, -0.2) is 4.68 Å². The molecular formula is C24H24N6OS. The lowest BCUT2D eigenvalue weighted by Gasteiger charge is -2.07. The van der Waals surface area contributed by atoms with Gasteiger partial charge in [0, 0.05) is 17.8 Å². The zero-order valence-electron chi connectivity index (χ0n) is 17.8. The summed E-state index contributed by atoms with van der Waals surface area (Å²) in [6, 6.07) is 18.4. The molecule has 162 valence electrons. The van der Waals surface area contributed by atoms with Crippen molar-refractivity contribution in [3.63, 3.8) is 0 Å². The molecule has 0 spiro atoms. The van der Waals surface area contributed by atoms with E-state index in [1.54, 1.807) is 10.9 Å². The Hall–Kier alpha value is -3.52. The summed E-state index contributed by atoms with van der Waals surface area (Å²) in [5, 5.41) is 14.9. The van der Waals surface area contributed by atoms with Gasteiger partial charge in [-0.15, -0.1) is 0 Å². The second kappa shape index (κ2) is 8.55. The molecule has 0 saturated heterocycles. The number of aromatic amines is 1. The van der Waals surface area contributed by atoms with Crippen molar-refractivity contribution in [3.8, 4) is 16.9 Å². The van der Waals surface area contributed by atoms with E-state index in [-0.39, 0.29) is 5.91 Å². The van der Waals surface area contributed by atoms with Gasteiger partial charge in [0.1, 0.15) is 5.69 Å². The Morgan fingerprint density at radius 1 is 1.16 bits per heavy atom. The van der Waals surface area contributed by atoms with E-state index in [9.17, 15) is 4.79 Å². The first-order chi connectivity index (χ1) is 15.6. The number of hydrogen-bond donors (Lipinski definition) is 2. The molecule has 8 heteroatoms. The number of para-hydroxylation sites is 1. The minimum absolute atomic E-state index is 0.196. The van der Waals surface area contributed by atoms with E-state index in [2.05, 4.69) is 34.6 Å². The van der Waals surface area contributed by atoms with Gasteiger partial charge in [0.15, 0.2) is 10.6 Å². The number of aryl methyl sites for hydroxylation is 1. The van der Waals surface area contributed by atoms with Crippen molar-refractivity contribution in [1.29, 1.82) is 0 Å². The number of H-pyrrole nitrogens is 1. The van der Waals surface area contributed by atoms with E-state index in [0.717, 1.165) is 36.3 Å². The zero-order chi connectivity index (χ0) is 22.1. The molecular weight excluding hydrogens is 420 g/mol. The number of rotatable bonds is 7. The summed E-state index contributed by atoms with van der Waals surface area (Å²) < 4.78 is 4.36. The molecule has 0 radical (unpaired) electrons. The van der Waals surface area contributed by atoms with E-state index >= 15 is 0 Å². The number of carbonyl (C=O) groups excluding carboxylic acids is 1. The van der Waals surface area contributed by atoms with Gasteiger partial charge in [0.25, 0.3) is 5.91 Å². The lowest BCUT2D eigenvalue weighted by molar-refractivity contribution is 0.0950. The van der Waals surface area contributed by atoms with Gasteiger partial charge in [0.2, 0.25) is 0 Å². The van der Waals surface area contributed by atoms with Gasteiger partial charge in [0.05, 0.1) is 17.8 Å². The highest BCUT2D eigenvalue weighted by molar-refractivity contribution is 7.71. The van der Waals surface area contributed by atoms with Crippen molar-refractivity contribution in [1.82, 2.24) is 29.9 Å². The van der Waals surface area contributed by atoms with Crippen LogP contribution in [0.2, 0.25) is 0 Å². The van der Waals surface area contributed by atoms with Crippen LogP contribution in [0.25, 0.3) is 16.9 Å². The molecule has 7 nitrogen and oxygen atoms in total. The molecule has 0 unspecified atom stereocenters. The predicted octanol–water partition coefficient (Wildman–Crippen LogP) is 4.62. The molecule has 2 N–H and O–H groups in total. The molecule has 1 amide bonds. The number of amides is 1. The third-order valence-electron chi connectivity index (χ3n) is 5.71. The number of carbonyl (C=O) groups is 1. The molecule has 1 saturated carbocycles. The Morgan fingerprint density at radius 3 is 2.59 bits per heavy atom. The molecule has 1 aliphatic carbocycles. The van der Waals surface area contributed by atoms with Gasteiger partial charge in [-0.1, -0.05) is 49.4 Å². The summed E-state index contributed by atoms with van der Waals surface area (Å²) in [4.78, 5) is 13.2. The fourth-order valence-electron chi connectivity index (χ4n) is 3.79. The maximum atomic E-state index is 13.2. The molecule has 2 aromatic heterocycles. The second-order valence-corrected chi connectivity index (χ2v) is 8.34. The summed E-state index contributed by atoms with van der Waals surface area (Å²) in [5.41, 5.74) is 4.21. The normalized spacial score (nSPS) is 13.3. The van der Waals surface area contributed by atoms with Crippen LogP contribution in [0.5, 0.6) is 0 Å². The molecule has 2 heterocycles. The van der Waals surface area contributed by atoms with Crippen molar-refractivity contribution in [3.05, 3.63) is 82.5 Å². The van der Waals surface area contributed by atoms with Crippen LogP contribution < -0.4 is 5.32 Å². The first-order valence-electron chi connectivity index (χ1n) is 10.8. The zero-order valence-corrected chi connectivity index (χ0v) is 18.6. The highest BCUT2D eigenvalue weighted by Gasteiger charge is 2.27. The van der Waals surface area contributed by atoms with Crippen LogP contribution in [0.4, 0.5) is 0 Å². The van der Waals surface area contributed by atoms with Crippen LogP contribution in [0.15, 0.2) is 60.8 Å². The lowest BCUT2D eigenvalue weighted by atomic mass is 10.0. The largest absolute Gasteiger partial charge is 0.345 e. The lowest BCUT2D eigenvalue weighted by Crippen LogP contribution is -2.25. The molecule has 2 aromatic carbocycles. The van der Waals surface area contributed by atoms with Crippen molar-refractivity contribution in [2.45, 2.75) is 38.8 Å². The molecule has 0 bridgehead atoms. The summed E-state index contributed by atoms with van der Waals surface area (Å²) >= 11 is 5.34. The SMILES string of the molecule is CCc1ccc(-c2nn(-c3ccccc3)cc2C(=O)NCc2n[nH]c(=S)n2C2CC2)cc1. The van der Waals surface area contributed by atoms with Crippen LogP contribution in [0, 0.1) is 4.77 Å². The fourth-order valence-corrected chi connectivity index (χ4v) is 4.09. The number of benzene rings is 2. The Balaban J connectivity index is 1.46. The molecule has 4 aromatic rings. The Bertz CT molecular complexity index is 1300. The first kappa shape index (κ1) is 20.4. The first-order valence-corrected chi connectivity index (χ1v) is 11.2. The maximum absolute atomic E-state index is 13.2. The van der Waals surface area contributed by atoms with E-state index in [4.69, 9.17) is 17.3 Å². The fraction of sp³-hybridized carbons (Fsp3) is 0.250. The topological polar surface area (TPSA) is 80.5 Å². The van der Waals surface area contributed by atoms with Crippen LogP contribution in [-0.4, -0.2) is 30.5 Å². The standard InChI is InChI=1S/C24H24N6OS/c1-2-16-8-10-17(11-9-16)22-20(15-29(28-22)18-6-4-3-5-7-18)23(31)25-14-21-26-27-24(32)30(21)19-12-13-19/h3-11,15,19H,2,12-14H2,1H3,(H,25,31)(H,27,32). The van der Waals surface area contributed by atoms with Crippen LogP contribution in [0.1, 0.15) is 47.6 Å². The van der Waals surface area contributed by atoms with Gasteiger partial charge in [-0.05, 0) is 49.2 Å². The average molecular weight is 445 g/mol. The van der Waals surface area contributed by atoms with Gasteiger partial charge < -0.3 is 5.32 Å². The monoisotopic (exact) mass is 444 g/mol. The van der Waals surface area contributed by atoms with E-state index < -0.39 is 0 Å². The smallest absolute Gasteiger partial charge is 0.255 e. The number of hydrogen-bond acceptors (Lipinski definition) is 4. The van der Waals surface area contributed by atoms with Crippen LogP contribution in [-0.2, 0) is 13.0 Å². The molecule has 1 aliphatic rings. The van der Waals surface area contributed by atoms with Gasteiger partial charge in [-0.3, -0.25) is 14.5 Å². The summed E-state index contributed by atoms with van der Waals surface area (Å²) in [6.45, 7) is 2.42. The Kier molecular flexibility index (Phi) is 5.45. The van der Waals surface area contributed by atoms with E-state index in [1.807, 2.05) is 47.0 Å². The van der Waals surface area contributed by atoms with Gasteiger partial charge in [-0.2, -0.15) is 10.2 Å². The third kappa shape index (κ3) is 4.01. The Labute approximate surface area is 191 Å². The molecule has 5 rings (SSSR count). The summed E-state index contributed by atoms with van der Waals surface area (Å²) in [5.74, 6) is 0.549. The minimum Gasteiger partial charge on any atom is -0.345 e. The maximum Gasteiger partial charge on any atom is 0.255 e. The summed E-state index contributed by atoms with van der Waals surface area (Å²) in [7, 11) is 0. The second-order valence-electron chi connectivity index (χ2n) is 7.95. The minimum atomic E-state index is -0.196. The highest BCUT2D eigenvalue weighted by atomic mass is 32.1. The molecule has 32 heavy (non-hydrogen) atoms. The molecule has 1 fully saturated rings. The number of nitrogens with zero attached hydrogens (tertiary/aromatic N) is 4. The van der Waals surface area contributed by atoms with E-state index in [0.29, 0.717) is 28.6 Å². The quantitative estimate of drug-likeness (QED) is 0.408. The van der Waals surface area contributed by atoms with Crippen molar-refractivity contribution in [2.75, 3.05) is 0 Å². The molecule has 0 aliphatic heterocycles.